The summed E-state index contributed by atoms with van der Waals surface area (Å²) in [5.74, 6) is -1.76. The summed E-state index contributed by atoms with van der Waals surface area (Å²) >= 11 is 0. The van der Waals surface area contributed by atoms with Gasteiger partial charge < -0.3 is 5.32 Å². The summed E-state index contributed by atoms with van der Waals surface area (Å²) < 4.78 is 52.2. The number of nitrogens with one attached hydrogen (secondary N) is 1. The molecule has 2 aliphatic heterocycles. The molecule has 0 amide bonds. The highest BCUT2D eigenvalue weighted by atomic mass is 32.2. The molecule has 8 heteroatoms. The van der Waals surface area contributed by atoms with Gasteiger partial charge in [0.05, 0.1) is 4.90 Å². The molecule has 0 spiro atoms. The molecule has 21 heavy (non-hydrogen) atoms. The number of halogens is 2. The molecule has 0 aromatic heterocycles. The Morgan fingerprint density at radius 3 is 2.19 bits per heavy atom. The second-order valence-electron chi connectivity index (χ2n) is 5.37. The molecule has 1 aromatic carbocycles. The van der Waals surface area contributed by atoms with Crippen molar-refractivity contribution in [3.63, 3.8) is 0 Å². The number of hydrogen-bond acceptors (Lipinski definition) is 4. The topological polar surface area (TPSA) is 52.7 Å². The Hall–Kier alpha value is -1.09. The Morgan fingerprint density at radius 1 is 1.05 bits per heavy atom. The zero-order valence-corrected chi connectivity index (χ0v) is 12.2. The molecule has 5 nitrogen and oxygen atoms in total. The van der Waals surface area contributed by atoms with Crippen molar-refractivity contribution in [3.05, 3.63) is 29.8 Å². The van der Waals surface area contributed by atoms with Gasteiger partial charge in [0, 0.05) is 51.4 Å². The van der Waals surface area contributed by atoms with Crippen molar-refractivity contribution >= 4 is 10.0 Å². The zero-order chi connectivity index (χ0) is 15.0. The number of sulfonamides is 1. The first-order valence-electron chi connectivity index (χ1n) is 6.88. The van der Waals surface area contributed by atoms with Crippen LogP contribution in [0.2, 0.25) is 0 Å². The Labute approximate surface area is 122 Å². The van der Waals surface area contributed by atoms with E-state index in [1.54, 1.807) is 0 Å². The van der Waals surface area contributed by atoms with Crippen LogP contribution in [0.15, 0.2) is 23.1 Å². The van der Waals surface area contributed by atoms with Crippen molar-refractivity contribution in [2.75, 3.05) is 39.3 Å². The van der Waals surface area contributed by atoms with Crippen LogP contribution in [0.4, 0.5) is 8.78 Å². The molecule has 2 saturated heterocycles. The predicted molar refractivity (Wildman–Crippen MR) is 73.3 cm³/mol. The van der Waals surface area contributed by atoms with Gasteiger partial charge in [-0.3, -0.25) is 4.90 Å². The molecule has 2 aliphatic rings. The minimum atomic E-state index is -3.81. The van der Waals surface area contributed by atoms with Crippen LogP contribution in [-0.2, 0) is 10.0 Å². The van der Waals surface area contributed by atoms with E-state index < -0.39 is 21.7 Å². The molecule has 0 bridgehead atoms. The van der Waals surface area contributed by atoms with E-state index in [9.17, 15) is 17.2 Å². The van der Waals surface area contributed by atoms with Crippen molar-refractivity contribution in [1.82, 2.24) is 14.5 Å². The maximum atomic E-state index is 13.2. The number of benzene rings is 1. The standard InChI is InChI=1S/C13H17F2N3O2S/c14-10-5-11(15)7-13(6-10)21(19,20)18-8-12(9-18)17-3-1-16-2-4-17/h5-7,12,16H,1-4,8-9H2. The van der Waals surface area contributed by atoms with Crippen LogP contribution < -0.4 is 5.32 Å². The average Bonchev–Trinajstić information content (AvgIpc) is 2.36. The second-order valence-corrected chi connectivity index (χ2v) is 7.30. The molecule has 0 radical (unpaired) electrons. The fraction of sp³-hybridized carbons (Fsp3) is 0.538. The highest BCUT2D eigenvalue weighted by Gasteiger charge is 2.40. The van der Waals surface area contributed by atoms with Crippen LogP contribution >= 0.6 is 0 Å². The highest BCUT2D eigenvalue weighted by molar-refractivity contribution is 7.89. The summed E-state index contributed by atoms with van der Waals surface area (Å²) in [4.78, 5) is 1.92. The summed E-state index contributed by atoms with van der Waals surface area (Å²) in [6.07, 6.45) is 0. The normalized spacial score (nSPS) is 22.2. The quantitative estimate of drug-likeness (QED) is 0.868. The fourth-order valence-electron chi connectivity index (χ4n) is 2.72. The van der Waals surface area contributed by atoms with E-state index in [1.807, 2.05) is 0 Å². The zero-order valence-electron chi connectivity index (χ0n) is 11.4. The number of rotatable bonds is 3. The van der Waals surface area contributed by atoms with Crippen LogP contribution in [0.1, 0.15) is 0 Å². The molecular formula is C13H17F2N3O2S. The number of hydrogen-bond donors (Lipinski definition) is 1. The van der Waals surface area contributed by atoms with Gasteiger partial charge in [0.25, 0.3) is 0 Å². The minimum absolute atomic E-state index is 0.195. The molecule has 0 saturated carbocycles. The van der Waals surface area contributed by atoms with Crippen LogP contribution in [-0.4, -0.2) is 62.9 Å². The van der Waals surface area contributed by atoms with Gasteiger partial charge in [0.1, 0.15) is 11.6 Å². The van der Waals surface area contributed by atoms with E-state index in [0.717, 1.165) is 38.3 Å². The maximum Gasteiger partial charge on any atom is 0.243 e. The molecule has 0 unspecified atom stereocenters. The van der Waals surface area contributed by atoms with Crippen molar-refractivity contribution < 1.29 is 17.2 Å². The first-order valence-corrected chi connectivity index (χ1v) is 8.32. The molecule has 2 fully saturated rings. The summed E-state index contributed by atoms with van der Waals surface area (Å²) in [6, 6.07) is 2.58. The Balaban J connectivity index is 1.70. The Kier molecular flexibility index (Phi) is 3.96. The molecular weight excluding hydrogens is 300 g/mol. The van der Waals surface area contributed by atoms with Crippen molar-refractivity contribution in [3.8, 4) is 0 Å². The van der Waals surface area contributed by atoms with Crippen molar-refractivity contribution in [2.45, 2.75) is 10.9 Å². The van der Waals surface area contributed by atoms with Crippen LogP contribution in [0.25, 0.3) is 0 Å². The third-order valence-corrected chi connectivity index (χ3v) is 5.78. The van der Waals surface area contributed by atoms with E-state index in [2.05, 4.69) is 10.2 Å². The summed E-state index contributed by atoms with van der Waals surface area (Å²) in [6.45, 7) is 4.35. The van der Waals surface area contributed by atoms with Gasteiger partial charge >= 0.3 is 0 Å². The number of nitrogens with zero attached hydrogens (tertiary/aromatic N) is 2. The van der Waals surface area contributed by atoms with E-state index in [4.69, 9.17) is 0 Å². The van der Waals surface area contributed by atoms with Gasteiger partial charge in [-0.25, -0.2) is 17.2 Å². The van der Waals surface area contributed by atoms with Gasteiger partial charge in [0.2, 0.25) is 10.0 Å². The van der Waals surface area contributed by atoms with E-state index in [-0.39, 0.29) is 10.9 Å². The SMILES string of the molecule is O=S(=O)(c1cc(F)cc(F)c1)N1CC(N2CCNCC2)C1. The third kappa shape index (κ3) is 2.94. The van der Waals surface area contributed by atoms with Crippen LogP contribution in [0, 0.1) is 11.6 Å². The second kappa shape index (κ2) is 5.60. The van der Waals surface area contributed by atoms with Gasteiger partial charge in [-0.15, -0.1) is 0 Å². The lowest BCUT2D eigenvalue weighted by Crippen LogP contribution is -2.63. The minimum Gasteiger partial charge on any atom is -0.314 e. The van der Waals surface area contributed by atoms with Gasteiger partial charge in [-0.1, -0.05) is 0 Å². The lowest BCUT2D eigenvalue weighted by molar-refractivity contribution is 0.0773. The Bertz CT molecular complexity index is 606. The molecule has 116 valence electrons. The van der Waals surface area contributed by atoms with Crippen molar-refractivity contribution in [2.24, 2.45) is 0 Å². The van der Waals surface area contributed by atoms with Gasteiger partial charge in [-0.2, -0.15) is 4.31 Å². The lowest BCUT2D eigenvalue weighted by atomic mass is 10.1. The monoisotopic (exact) mass is 317 g/mol. The smallest absolute Gasteiger partial charge is 0.243 e. The maximum absolute atomic E-state index is 13.2. The average molecular weight is 317 g/mol. The van der Waals surface area contributed by atoms with Gasteiger partial charge in [-0.05, 0) is 12.1 Å². The summed E-state index contributed by atoms with van der Waals surface area (Å²) in [5, 5.41) is 3.24. The molecule has 0 aliphatic carbocycles. The largest absolute Gasteiger partial charge is 0.314 e. The molecule has 3 rings (SSSR count). The first-order chi connectivity index (χ1) is 9.96. The molecule has 2 heterocycles. The van der Waals surface area contributed by atoms with E-state index in [1.165, 1.54) is 4.31 Å². The predicted octanol–water partition coefficient (Wildman–Crippen LogP) is 0.243. The van der Waals surface area contributed by atoms with Crippen molar-refractivity contribution in [1.29, 1.82) is 0 Å². The summed E-state index contributed by atoms with van der Waals surface area (Å²) in [7, 11) is -3.81. The van der Waals surface area contributed by atoms with Crippen LogP contribution in [0.3, 0.4) is 0 Å². The van der Waals surface area contributed by atoms with Crippen LogP contribution in [0.5, 0.6) is 0 Å². The van der Waals surface area contributed by atoms with E-state index in [0.29, 0.717) is 19.2 Å². The molecule has 0 atom stereocenters. The third-order valence-electron chi connectivity index (χ3n) is 3.97. The van der Waals surface area contributed by atoms with E-state index >= 15 is 0 Å². The first kappa shape index (κ1) is 14.8. The van der Waals surface area contributed by atoms with Gasteiger partial charge in [0.15, 0.2) is 0 Å². The lowest BCUT2D eigenvalue weighted by Gasteiger charge is -2.45. The highest BCUT2D eigenvalue weighted by Crippen LogP contribution is 2.25. The molecule has 1 N–H and O–H groups in total. The fourth-order valence-corrected chi connectivity index (χ4v) is 4.28. The number of piperazine rings is 1. The summed E-state index contributed by atoms with van der Waals surface area (Å²) in [5.41, 5.74) is 0. The molecule has 1 aromatic rings. The Morgan fingerprint density at radius 2 is 1.62 bits per heavy atom.